The highest BCUT2D eigenvalue weighted by atomic mass is 19.3. The third-order valence-electron chi connectivity index (χ3n) is 9.59. The standard InChI is InChI=1S/C13H19F2N3.C13H13F2N3.C7H7N3.C6H8F2O/c2*1-9-17-7-11(8-18-9)12(6-16)10-2-4-13(14,15)5-3-10;1-6-9-4-7(2-3-8)5-10-6;7-6(8)3-1-5(9)2-4-6/h7-8,10,12H,2-6,16H2,1H3;7-8H,2-5H2,1H3;4-5H,2H2,1H3;1-4H2. The van der Waals surface area contributed by atoms with Crippen molar-refractivity contribution in [2.24, 2.45) is 11.7 Å². The fourth-order valence-electron chi connectivity index (χ4n) is 6.19. The second-order valence-corrected chi connectivity index (χ2v) is 13.9. The predicted octanol–water partition coefficient (Wildman–Crippen LogP) is 8.54. The summed E-state index contributed by atoms with van der Waals surface area (Å²) in [5.41, 5.74) is 9.49. The lowest BCUT2D eigenvalue weighted by molar-refractivity contribution is -0.128. The summed E-state index contributed by atoms with van der Waals surface area (Å²) in [7, 11) is 0. The van der Waals surface area contributed by atoms with E-state index >= 15 is 0 Å². The van der Waals surface area contributed by atoms with Crippen molar-refractivity contribution in [3.63, 3.8) is 0 Å². The van der Waals surface area contributed by atoms with Gasteiger partial charge in [-0.15, -0.1) is 0 Å². The minimum atomic E-state index is -2.59. The summed E-state index contributed by atoms with van der Waals surface area (Å²) in [5, 5.41) is 17.5. The molecule has 1 atom stereocenters. The van der Waals surface area contributed by atoms with Crippen molar-refractivity contribution in [1.29, 1.82) is 10.5 Å². The Hall–Kier alpha value is -4.83. The van der Waals surface area contributed by atoms with Gasteiger partial charge in [-0.1, -0.05) is 5.57 Å². The first-order valence-electron chi connectivity index (χ1n) is 18.2. The molecule has 1 unspecified atom stereocenters. The monoisotopic (exact) mass is 771 g/mol. The fourth-order valence-corrected chi connectivity index (χ4v) is 6.19. The lowest BCUT2D eigenvalue weighted by atomic mass is 9.76. The number of hydrogen-bond acceptors (Lipinski definition) is 10. The molecule has 3 heterocycles. The average molecular weight is 772 g/mol. The molecule has 0 saturated heterocycles. The molecule has 0 aromatic carbocycles. The summed E-state index contributed by atoms with van der Waals surface area (Å²) < 4.78 is 76.9. The summed E-state index contributed by atoms with van der Waals surface area (Å²) >= 11 is 0. The van der Waals surface area contributed by atoms with E-state index in [1.54, 1.807) is 44.1 Å². The van der Waals surface area contributed by atoms with Gasteiger partial charge >= 0.3 is 0 Å². The molecule has 16 heteroatoms. The Kier molecular flexibility index (Phi) is 16.8. The summed E-state index contributed by atoms with van der Waals surface area (Å²) in [6.07, 6.45) is 11.2. The Morgan fingerprint density at radius 2 is 1.13 bits per heavy atom. The molecule has 55 heavy (non-hydrogen) atoms. The molecule has 3 fully saturated rings. The van der Waals surface area contributed by atoms with Crippen LogP contribution < -0.4 is 5.73 Å². The van der Waals surface area contributed by atoms with E-state index in [1.807, 2.05) is 19.9 Å². The normalized spacial score (nSPS) is 19.0. The lowest BCUT2D eigenvalue weighted by Crippen LogP contribution is -2.30. The molecule has 6 rings (SSSR count). The molecule has 3 aromatic heterocycles. The number of aromatic nitrogens is 6. The first-order valence-corrected chi connectivity index (χ1v) is 18.2. The Morgan fingerprint density at radius 3 is 1.55 bits per heavy atom. The van der Waals surface area contributed by atoms with E-state index in [0.717, 1.165) is 22.5 Å². The van der Waals surface area contributed by atoms with E-state index in [2.05, 4.69) is 36.0 Å². The van der Waals surface area contributed by atoms with Gasteiger partial charge in [0.15, 0.2) is 0 Å². The van der Waals surface area contributed by atoms with Crippen LogP contribution in [0.15, 0.2) is 42.8 Å². The van der Waals surface area contributed by atoms with Gasteiger partial charge in [0.1, 0.15) is 23.3 Å². The van der Waals surface area contributed by atoms with E-state index in [0.29, 0.717) is 48.6 Å². The number of halogens is 6. The molecule has 3 aliphatic rings. The van der Waals surface area contributed by atoms with Crippen LogP contribution in [0.25, 0.3) is 5.57 Å². The Balaban J connectivity index is 0.000000206. The SMILES string of the molecule is Cc1ncc(C(C#N)=C2CCC(F)(F)CC2)cn1.Cc1ncc(C(CN)C2CCC(F)(F)CC2)cn1.Cc1ncc(CC#N)cn1.O=C1CCC(F)(F)CC1. The molecule has 0 bridgehead atoms. The van der Waals surface area contributed by atoms with Gasteiger partial charge in [-0.2, -0.15) is 10.5 Å². The number of carbonyl (C=O) groups is 1. The summed E-state index contributed by atoms with van der Waals surface area (Å²) in [5.74, 6) is -5.27. The molecular weight excluding hydrogens is 724 g/mol. The van der Waals surface area contributed by atoms with Gasteiger partial charge in [-0.3, -0.25) is 4.79 Å². The predicted molar refractivity (Wildman–Crippen MR) is 193 cm³/mol. The minimum Gasteiger partial charge on any atom is -0.330 e. The summed E-state index contributed by atoms with van der Waals surface area (Å²) in [6, 6.07) is 4.11. The van der Waals surface area contributed by atoms with Crippen LogP contribution in [-0.4, -0.2) is 60.0 Å². The first-order chi connectivity index (χ1) is 26.0. The number of carbonyl (C=O) groups excluding carboxylic acids is 1. The van der Waals surface area contributed by atoms with Gasteiger partial charge in [-0.05, 0) is 64.5 Å². The van der Waals surface area contributed by atoms with Gasteiger partial charge in [0.05, 0.1) is 24.1 Å². The van der Waals surface area contributed by atoms with Gasteiger partial charge in [0, 0.05) is 106 Å². The molecule has 296 valence electrons. The number of allylic oxidation sites excluding steroid dienone is 2. The van der Waals surface area contributed by atoms with Crippen LogP contribution >= 0.6 is 0 Å². The van der Waals surface area contributed by atoms with Crippen LogP contribution in [-0.2, 0) is 11.2 Å². The highest BCUT2D eigenvalue weighted by Gasteiger charge is 2.38. The second-order valence-electron chi connectivity index (χ2n) is 13.9. The molecule has 3 aromatic rings. The maximum Gasteiger partial charge on any atom is 0.249 e. The maximum atomic E-state index is 13.1. The maximum absolute atomic E-state index is 13.1. The molecule has 0 amide bonds. The Morgan fingerprint density at radius 1 is 0.709 bits per heavy atom. The first kappa shape index (κ1) is 44.6. The summed E-state index contributed by atoms with van der Waals surface area (Å²) in [6.45, 7) is 5.85. The molecule has 10 nitrogen and oxygen atoms in total. The van der Waals surface area contributed by atoms with Crippen LogP contribution in [0.5, 0.6) is 0 Å². The number of alkyl halides is 6. The number of nitrogens with zero attached hydrogens (tertiary/aromatic N) is 8. The van der Waals surface area contributed by atoms with Crippen LogP contribution in [0.2, 0.25) is 0 Å². The highest BCUT2D eigenvalue weighted by molar-refractivity contribution is 5.79. The van der Waals surface area contributed by atoms with Crippen LogP contribution in [0.4, 0.5) is 26.3 Å². The number of nitriles is 2. The second kappa shape index (κ2) is 20.7. The van der Waals surface area contributed by atoms with E-state index in [1.165, 1.54) is 0 Å². The minimum absolute atomic E-state index is 0.0269. The van der Waals surface area contributed by atoms with Crippen LogP contribution in [0.1, 0.15) is 117 Å². The van der Waals surface area contributed by atoms with E-state index in [9.17, 15) is 36.4 Å². The molecule has 0 spiro atoms. The van der Waals surface area contributed by atoms with Crippen molar-refractivity contribution in [1.82, 2.24) is 29.9 Å². The van der Waals surface area contributed by atoms with Crippen molar-refractivity contribution in [3.05, 3.63) is 76.9 Å². The largest absolute Gasteiger partial charge is 0.330 e. The number of ketones is 1. The average Bonchev–Trinajstić information content (AvgIpc) is 3.15. The van der Waals surface area contributed by atoms with Crippen molar-refractivity contribution in [2.45, 2.75) is 128 Å². The molecular formula is C39H47F6N9O. The molecule has 3 saturated carbocycles. The zero-order valence-corrected chi connectivity index (χ0v) is 31.3. The third-order valence-corrected chi connectivity index (χ3v) is 9.59. The van der Waals surface area contributed by atoms with Crippen LogP contribution in [0, 0.1) is 49.4 Å². The Labute approximate surface area is 317 Å². The van der Waals surface area contributed by atoms with Crippen molar-refractivity contribution >= 4 is 11.4 Å². The Bertz CT molecular complexity index is 1750. The van der Waals surface area contributed by atoms with E-state index < -0.39 is 17.8 Å². The topological polar surface area (TPSA) is 168 Å². The van der Waals surface area contributed by atoms with Crippen LogP contribution in [0.3, 0.4) is 0 Å². The number of nitrogens with two attached hydrogens (primary N) is 1. The number of hydrogen-bond donors (Lipinski definition) is 1. The van der Waals surface area contributed by atoms with E-state index in [-0.39, 0.29) is 81.8 Å². The quantitative estimate of drug-likeness (QED) is 0.196. The third kappa shape index (κ3) is 15.4. The van der Waals surface area contributed by atoms with E-state index in [4.69, 9.17) is 11.0 Å². The van der Waals surface area contributed by atoms with Gasteiger partial charge in [-0.25, -0.2) is 56.2 Å². The molecule has 0 aliphatic heterocycles. The fraction of sp³-hybridized carbons (Fsp3) is 0.564. The van der Waals surface area contributed by atoms with Gasteiger partial charge in [0.2, 0.25) is 17.8 Å². The number of aryl methyl sites for hydroxylation is 3. The van der Waals surface area contributed by atoms with Crippen molar-refractivity contribution in [2.75, 3.05) is 6.54 Å². The number of rotatable bonds is 5. The van der Waals surface area contributed by atoms with Gasteiger partial charge in [0.25, 0.3) is 0 Å². The zero-order valence-electron chi connectivity index (χ0n) is 31.3. The summed E-state index contributed by atoms with van der Waals surface area (Å²) in [4.78, 5) is 34.7. The number of Topliss-reactive ketones (excluding diaryl/α,β-unsaturated/α-hetero) is 1. The molecule has 2 N–H and O–H groups in total. The lowest BCUT2D eigenvalue weighted by Gasteiger charge is -2.33. The zero-order chi connectivity index (χ0) is 40.6. The molecule has 0 radical (unpaired) electrons. The van der Waals surface area contributed by atoms with Gasteiger partial charge < -0.3 is 5.73 Å². The molecule has 3 aliphatic carbocycles. The van der Waals surface area contributed by atoms with Crippen molar-refractivity contribution < 1.29 is 31.1 Å². The van der Waals surface area contributed by atoms with Crippen molar-refractivity contribution in [3.8, 4) is 12.1 Å². The smallest absolute Gasteiger partial charge is 0.249 e. The highest BCUT2D eigenvalue weighted by Crippen LogP contribution is 2.42.